The molecule has 0 aliphatic heterocycles. The first-order valence-corrected chi connectivity index (χ1v) is 6.27. The standard InChI is InChI=1S/C10H18BrNO/c1-2-4-10(13)12(8-7-11)9-5-3-6-9/h9H,2-8H2,1H3. The number of amides is 1. The Morgan fingerprint density at radius 3 is 2.62 bits per heavy atom. The lowest BCUT2D eigenvalue weighted by Crippen LogP contribution is -2.45. The van der Waals surface area contributed by atoms with Gasteiger partial charge in [0.15, 0.2) is 0 Å². The molecule has 0 bridgehead atoms. The molecule has 2 nitrogen and oxygen atoms in total. The largest absolute Gasteiger partial charge is 0.339 e. The molecule has 76 valence electrons. The zero-order valence-corrected chi connectivity index (χ0v) is 9.85. The molecular weight excluding hydrogens is 230 g/mol. The van der Waals surface area contributed by atoms with E-state index in [1.165, 1.54) is 19.3 Å². The molecule has 0 spiro atoms. The summed E-state index contributed by atoms with van der Waals surface area (Å²) in [5, 5.41) is 0.902. The minimum Gasteiger partial charge on any atom is -0.339 e. The van der Waals surface area contributed by atoms with Gasteiger partial charge < -0.3 is 4.90 Å². The third-order valence-electron chi connectivity index (χ3n) is 2.63. The second kappa shape index (κ2) is 5.63. The van der Waals surface area contributed by atoms with Crippen molar-refractivity contribution in [3.8, 4) is 0 Å². The van der Waals surface area contributed by atoms with Crippen LogP contribution < -0.4 is 0 Å². The second-order valence-corrected chi connectivity index (χ2v) is 4.40. The smallest absolute Gasteiger partial charge is 0.222 e. The minimum absolute atomic E-state index is 0.339. The van der Waals surface area contributed by atoms with Crippen molar-refractivity contribution in [2.75, 3.05) is 11.9 Å². The zero-order chi connectivity index (χ0) is 9.68. The van der Waals surface area contributed by atoms with E-state index in [1.807, 2.05) is 0 Å². The van der Waals surface area contributed by atoms with Crippen LogP contribution >= 0.6 is 15.9 Å². The number of hydrogen-bond acceptors (Lipinski definition) is 1. The maximum Gasteiger partial charge on any atom is 0.222 e. The van der Waals surface area contributed by atoms with E-state index in [-0.39, 0.29) is 0 Å². The highest BCUT2D eigenvalue weighted by Crippen LogP contribution is 2.25. The first kappa shape index (κ1) is 11.0. The lowest BCUT2D eigenvalue weighted by Gasteiger charge is -2.37. The maximum atomic E-state index is 11.7. The molecule has 0 aromatic heterocycles. The molecule has 0 N–H and O–H groups in total. The molecule has 1 aliphatic rings. The fourth-order valence-corrected chi connectivity index (χ4v) is 2.04. The van der Waals surface area contributed by atoms with Crippen LogP contribution in [-0.2, 0) is 4.79 Å². The quantitative estimate of drug-likeness (QED) is 0.685. The number of hydrogen-bond donors (Lipinski definition) is 0. The number of nitrogens with zero attached hydrogens (tertiary/aromatic N) is 1. The zero-order valence-electron chi connectivity index (χ0n) is 8.26. The van der Waals surface area contributed by atoms with Crippen molar-refractivity contribution in [1.82, 2.24) is 4.90 Å². The Bertz CT molecular complexity index is 168. The van der Waals surface area contributed by atoms with E-state index in [0.29, 0.717) is 18.4 Å². The number of carbonyl (C=O) groups is 1. The van der Waals surface area contributed by atoms with Gasteiger partial charge in [-0.1, -0.05) is 22.9 Å². The molecule has 0 unspecified atom stereocenters. The van der Waals surface area contributed by atoms with Crippen LogP contribution in [0.5, 0.6) is 0 Å². The summed E-state index contributed by atoms with van der Waals surface area (Å²) in [5.74, 6) is 0.339. The molecule has 0 saturated heterocycles. The van der Waals surface area contributed by atoms with Crippen LogP contribution in [0.15, 0.2) is 0 Å². The highest BCUT2D eigenvalue weighted by atomic mass is 79.9. The Labute approximate surface area is 88.8 Å². The number of alkyl halides is 1. The van der Waals surface area contributed by atoms with Crippen LogP contribution in [0.3, 0.4) is 0 Å². The van der Waals surface area contributed by atoms with Gasteiger partial charge in [-0.15, -0.1) is 0 Å². The van der Waals surface area contributed by atoms with Gasteiger partial charge in [0, 0.05) is 24.3 Å². The topological polar surface area (TPSA) is 20.3 Å². The molecule has 0 radical (unpaired) electrons. The second-order valence-electron chi connectivity index (χ2n) is 3.61. The van der Waals surface area contributed by atoms with Gasteiger partial charge in [0.25, 0.3) is 0 Å². The van der Waals surface area contributed by atoms with Crippen LogP contribution in [0.1, 0.15) is 39.0 Å². The summed E-state index contributed by atoms with van der Waals surface area (Å²) < 4.78 is 0. The maximum absolute atomic E-state index is 11.7. The lowest BCUT2D eigenvalue weighted by atomic mass is 9.91. The molecule has 1 rings (SSSR count). The van der Waals surface area contributed by atoms with Crippen LogP contribution in [0.2, 0.25) is 0 Å². The summed E-state index contributed by atoms with van der Waals surface area (Å²) in [4.78, 5) is 13.7. The van der Waals surface area contributed by atoms with Crippen molar-refractivity contribution in [3.63, 3.8) is 0 Å². The van der Waals surface area contributed by atoms with Crippen LogP contribution in [0.4, 0.5) is 0 Å². The lowest BCUT2D eigenvalue weighted by molar-refractivity contribution is -0.134. The van der Waals surface area contributed by atoms with Gasteiger partial charge >= 0.3 is 0 Å². The Morgan fingerprint density at radius 1 is 1.54 bits per heavy atom. The fourth-order valence-electron chi connectivity index (χ4n) is 1.66. The first-order chi connectivity index (χ1) is 6.29. The van der Waals surface area contributed by atoms with Crippen LogP contribution in [0, 0.1) is 0 Å². The molecule has 1 aliphatic carbocycles. The van der Waals surface area contributed by atoms with Gasteiger partial charge in [-0.2, -0.15) is 0 Å². The summed E-state index contributed by atoms with van der Waals surface area (Å²) >= 11 is 3.40. The van der Waals surface area contributed by atoms with E-state index in [0.717, 1.165) is 18.3 Å². The van der Waals surface area contributed by atoms with Gasteiger partial charge in [-0.05, 0) is 25.7 Å². The van der Waals surface area contributed by atoms with Gasteiger partial charge in [0.2, 0.25) is 5.91 Å². The Hall–Kier alpha value is -0.0500. The van der Waals surface area contributed by atoms with Crippen molar-refractivity contribution in [3.05, 3.63) is 0 Å². The Kier molecular flexibility index (Phi) is 4.78. The SMILES string of the molecule is CCCC(=O)N(CCBr)C1CCC1. The molecule has 0 atom stereocenters. The van der Waals surface area contributed by atoms with E-state index in [4.69, 9.17) is 0 Å². The monoisotopic (exact) mass is 247 g/mol. The molecule has 1 saturated carbocycles. The minimum atomic E-state index is 0.339. The molecule has 3 heteroatoms. The van der Waals surface area contributed by atoms with Crippen LogP contribution in [0.25, 0.3) is 0 Å². The predicted octanol–water partition coefficient (Wildman–Crippen LogP) is 2.56. The van der Waals surface area contributed by atoms with Gasteiger partial charge in [-0.3, -0.25) is 4.79 Å². The van der Waals surface area contributed by atoms with E-state index >= 15 is 0 Å². The summed E-state index contributed by atoms with van der Waals surface area (Å²) in [6, 6.07) is 0.552. The third-order valence-corrected chi connectivity index (χ3v) is 2.98. The summed E-state index contributed by atoms with van der Waals surface area (Å²) in [6.45, 7) is 2.94. The average molecular weight is 248 g/mol. The van der Waals surface area contributed by atoms with Crippen molar-refractivity contribution in [1.29, 1.82) is 0 Å². The van der Waals surface area contributed by atoms with Crippen molar-refractivity contribution in [2.24, 2.45) is 0 Å². The third kappa shape index (κ3) is 2.97. The number of rotatable bonds is 5. The van der Waals surface area contributed by atoms with E-state index in [1.54, 1.807) is 0 Å². The number of halogens is 1. The normalized spacial score (nSPS) is 16.8. The number of carbonyl (C=O) groups excluding carboxylic acids is 1. The summed E-state index contributed by atoms with van der Waals surface area (Å²) in [5.41, 5.74) is 0. The first-order valence-electron chi connectivity index (χ1n) is 5.15. The molecule has 13 heavy (non-hydrogen) atoms. The average Bonchev–Trinajstić information content (AvgIpc) is 2.01. The molecule has 1 fully saturated rings. The van der Waals surface area contributed by atoms with Gasteiger partial charge in [-0.25, -0.2) is 0 Å². The highest BCUT2D eigenvalue weighted by molar-refractivity contribution is 9.09. The highest BCUT2D eigenvalue weighted by Gasteiger charge is 2.27. The van der Waals surface area contributed by atoms with Gasteiger partial charge in [0.1, 0.15) is 0 Å². The fraction of sp³-hybridized carbons (Fsp3) is 0.900. The molecular formula is C10H18BrNO. The molecule has 1 amide bonds. The van der Waals surface area contributed by atoms with E-state index in [2.05, 4.69) is 27.8 Å². The summed E-state index contributed by atoms with van der Waals surface area (Å²) in [7, 11) is 0. The molecule has 0 aromatic carbocycles. The Morgan fingerprint density at radius 2 is 2.23 bits per heavy atom. The summed E-state index contributed by atoms with van der Waals surface area (Å²) in [6.07, 6.45) is 5.39. The van der Waals surface area contributed by atoms with Gasteiger partial charge in [0.05, 0.1) is 0 Å². The van der Waals surface area contributed by atoms with E-state index in [9.17, 15) is 4.79 Å². The van der Waals surface area contributed by atoms with Crippen LogP contribution in [-0.4, -0.2) is 28.7 Å². The Balaban J connectivity index is 2.40. The van der Waals surface area contributed by atoms with Crippen molar-refractivity contribution >= 4 is 21.8 Å². The van der Waals surface area contributed by atoms with Crippen molar-refractivity contribution < 1.29 is 4.79 Å². The van der Waals surface area contributed by atoms with Crippen molar-refractivity contribution in [2.45, 2.75) is 45.1 Å². The van der Waals surface area contributed by atoms with E-state index < -0.39 is 0 Å². The molecule has 0 aromatic rings. The predicted molar refractivity (Wildman–Crippen MR) is 58.1 cm³/mol. The molecule has 0 heterocycles.